The number of rotatable bonds is 2. The van der Waals surface area contributed by atoms with E-state index in [1.54, 1.807) is 7.11 Å². The summed E-state index contributed by atoms with van der Waals surface area (Å²) in [5.41, 5.74) is 0. The van der Waals surface area contributed by atoms with Crippen molar-refractivity contribution in [2.45, 2.75) is 31.7 Å². The number of thiophene rings is 1. The van der Waals surface area contributed by atoms with Crippen LogP contribution < -0.4 is 10.1 Å². The monoisotopic (exact) mass is 261 g/mol. The molecule has 1 fully saturated rings. The molecule has 96 valence electrons. The molecule has 2 heterocycles. The fourth-order valence-electron chi connectivity index (χ4n) is 2.82. The van der Waals surface area contributed by atoms with Gasteiger partial charge in [0.1, 0.15) is 5.75 Å². The SMILES string of the molecule is COc1cccc2sc(C3CCNC(C)C3)cc12. The summed E-state index contributed by atoms with van der Waals surface area (Å²) in [6.07, 6.45) is 2.49. The molecule has 1 aromatic heterocycles. The van der Waals surface area contributed by atoms with Gasteiger partial charge in [0.15, 0.2) is 0 Å². The zero-order valence-electron chi connectivity index (χ0n) is 10.9. The van der Waals surface area contributed by atoms with Crippen molar-refractivity contribution in [1.29, 1.82) is 0 Å². The zero-order valence-corrected chi connectivity index (χ0v) is 11.7. The van der Waals surface area contributed by atoms with Crippen LogP contribution >= 0.6 is 11.3 Å². The molecule has 0 bridgehead atoms. The highest BCUT2D eigenvalue weighted by atomic mass is 32.1. The Morgan fingerprint density at radius 1 is 1.39 bits per heavy atom. The highest BCUT2D eigenvalue weighted by Gasteiger charge is 2.22. The zero-order chi connectivity index (χ0) is 12.5. The third kappa shape index (κ3) is 2.13. The van der Waals surface area contributed by atoms with Crippen molar-refractivity contribution in [2.24, 2.45) is 0 Å². The Bertz CT molecular complexity index is 548. The van der Waals surface area contributed by atoms with Gasteiger partial charge in [0, 0.05) is 21.0 Å². The number of hydrogen-bond donors (Lipinski definition) is 1. The summed E-state index contributed by atoms with van der Waals surface area (Å²) in [5.74, 6) is 1.71. The molecule has 0 aliphatic carbocycles. The first kappa shape index (κ1) is 12.0. The van der Waals surface area contributed by atoms with Crippen LogP contribution in [0.4, 0.5) is 0 Å². The molecule has 0 radical (unpaired) electrons. The van der Waals surface area contributed by atoms with Crippen molar-refractivity contribution in [3.63, 3.8) is 0 Å². The minimum Gasteiger partial charge on any atom is -0.496 e. The van der Waals surface area contributed by atoms with Gasteiger partial charge < -0.3 is 10.1 Å². The molecule has 0 amide bonds. The second-order valence-corrected chi connectivity index (χ2v) is 6.21. The van der Waals surface area contributed by atoms with Gasteiger partial charge in [0.25, 0.3) is 0 Å². The highest BCUT2D eigenvalue weighted by Crippen LogP contribution is 2.39. The number of benzene rings is 1. The molecule has 2 atom stereocenters. The third-order valence-corrected chi connectivity index (χ3v) is 5.05. The molecular weight excluding hydrogens is 242 g/mol. The minimum atomic E-state index is 0.635. The Hall–Kier alpha value is -1.06. The van der Waals surface area contributed by atoms with Crippen LogP contribution in [0.1, 0.15) is 30.6 Å². The Balaban J connectivity index is 1.97. The third-order valence-electron chi connectivity index (χ3n) is 3.79. The largest absolute Gasteiger partial charge is 0.496 e. The quantitative estimate of drug-likeness (QED) is 0.888. The molecule has 1 aromatic carbocycles. The lowest BCUT2D eigenvalue weighted by Gasteiger charge is -2.27. The molecule has 0 saturated carbocycles. The summed E-state index contributed by atoms with van der Waals surface area (Å²) in [4.78, 5) is 1.52. The van der Waals surface area contributed by atoms with Gasteiger partial charge in [-0.05, 0) is 50.4 Å². The van der Waals surface area contributed by atoms with Gasteiger partial charge in [-0.1, -0.05) is 6.07 Å². The average molecular weight is 261 g/mol. The van der Waals surface area contributed by atoms with E-state index in [0.717, 1.165) is 12.3 Å². The van der Waals surface area contributed by atoms with Crippen LogP contribution in [0.3, 0.4) is 0 Å². The number of ether oxygens (including phenoxy) is 1. The van der Waals surface area contributed by atoms with E-state index in [0.29, 0.717) is 12.0 Å². The van der Waals surface area contributed by atoms with Crippen LogP contribution in [-0.4, -0.2) is 19.7 Å². The van der Waals surface area contributed by atoms with E-state index in [9.17, 15) is 0 Å². The Morgan fingerprint density at radius 3 is 3.06 bits per heavy atom. The average Bonchev–Trinajstić information content (AvgIpc) is 2.82. The second kappa shape index (κ2) is 4.90. The van der Waals surface area contributed by atoms with Gasteiger partial charge in [-0.2, -0.15) is 0 Å². The lowest BCUT2D eigenvalue weighted by molar-refractivity contribution is 0.384. The van der Waals surface area contributed by atoms with E-state index in [4.69, 9.17) is 4.74 Å². The van der Waals surface area contributed by atoms with Crippen molar-refractivity contribution in [2.75, 3.05) is 13.7 Å². The lowest BCUT2D eigenvalue weighted by Crippen LogP contribution is -2.34. The topological polar surface area (TPSA) is 21.3 Å². The Labute approximate surface area is 112 Å². The normalized spacial score (nSPS) is 24.3. The molecule has 1 aliphatic heterocycles. The first-order valence-corrected chi connectivity index (χ1v) is 7.39. The van der Waals surface area contributed by atoms with Crippen LogP contribution in [0, 0.1) is 0 Å². The van der Waals surface area contributed by atoms with Crippen LogP contribution in [0.2, 0.25) is 0 Å². The number of piperidine rings is 1. The van der Waals surface area contributed by atoms with E-state index >= 15 is 0 Å². The van der Waals surface area contributed by atoms with Crippen molar-refractivity contribution in [3.8, 4) is 5.75 Å². The molecule has 1 N–H and O–H groups in total. The predicted molar refractivity (Wildman–Crippen MR) is 77.8 cm³/mol. The fourth-order valence-corrected chi connectivity index (χ4v) is 4.05. The lowest BCUT2D eigenvalue weighted by atomic mass is 9.92. The van der Waals surface area contributed by atoms with Crippen molar-refractivity contribution in [3.05, 3.63) is 29.1 Å². The second-order valence-electron chi connectivity index (χ2n) is 5.10. The molecule has 1 aliphatic rings. The highest BCUT2D eigenvalue weighted by molar-refractivity contribution is 7.19. The maximum absolute atomic E-state index is 5.44. The molecule has 2 unspecified atom stereocenters. The molecule has 1 saturated heterocycles. The van der Waals surface area contributed by atoms with Crippen molar-refractivity contribution < 1.29 is 4.74 Å². The van der Waals surface area contributed by atoms with Gasteiger partial charge in [0.2, 0.25) is 0 Å². The molecule has 3 rings (SSSR count). The Kier molecular flexibility index (Phi) is 3.27. The molecule has 0 spiro atoms. The smallest absolute Gasteiger partial charge is 0.127 e. The van der Waals surface area contributed by atoms with E-state index in [1.165, 1.54) is 27.8 Å². The van der Waals surface area contributed by atoms with E-state index in [1.807, 2.05) is 17.4 Å². The van der Waals surface area contributed by atoms with Crippen LogP contribution in [0.15, 0.2) is 24.3 Å². The van der Waals surface area contributed by atoms with Gasteiger partial charge in [-0.15, -0.1) is 11.3 Å². The minimum absolute atomic E-state index is 0.635. The maximum Gasteiger partial charge on any atom is 0.127 e. The molecule has 2 aromatic rings. The van der Waals surface area contributed by atoms with E-state index in [-0.39, 0.29) is 0 Å². The number of hydrogen-bond acceptors (Lipinski definition) is 3. The maximum atomic E-state index is 5.44. The first-order valence-electron chi connectivity index (χ1n) is 6.57. The van der Waals surface area contributed by atoms with Gasteiger partial charge in [-0.3, -0.25) is 0 Å². The predicted octanol–water partition coefficient (Wildman–Crippen LogP) is 3.77. The van der Waals surface area contributed by atoms with Crippen LogP contribution in [-0.2, 0) is 0 Å². The summed E-state index contributed by atoms with van der Waals surface area (Å²) < 4.78 is 6.79. The van der Waals surface area contributed by atoms with Crippen molar-refractivity contribution in [1.82, 2.24) is 5.32 Å². The summed E-state index contributed by atoms with van der Waals surface area (Å²) >= 11 is 1.93. The van der Waals surface area contributed by atoms with Crippen molar-refractivity contribution >= 4 is 21.4 Å². The Morgan fingerprint density at radius 2 is 2.28 bits per heavy atom. The molecule has 3 heteroatoms. The van der Waals surface area contributed by atoms with Gasteiger partial charge >= 0.3 is 0 Å². The summed E-state index contributed by atoms with van der Waals surface area (Å²) in [6, 6.07) is 9.28. The summed E-state index contributed by atoms with van der Waals surface area (Å²) in [6.45, 7) is 3.41. The first-order chi connectivity index (χ1) is 8.78. The fraction of sp³-hybridized carbons (Fsp3) is 0.467. The standard InChI is InChI=1S/C15H19NOS/c1-10-8-11(6-7-16-10)15-9-12-13(17-2)4-3-5-14(12)18-15/h3-5,9-11,16H,6-8H2,1-2H3. The van der Waals surface area contributed by atoms with Crippen LogP contribution in [0.5, 0.6) is 5.75 Å². The van der Waals surface area contributed by atoms with E-state index in [2.05, 4.69) is 30.4 Å². The van der Waals surface area contributed by atoms with Gasteiger partial charge in [-0.25, -0.2) is 0 Å². The number of nitrogens with one attached hydrogen (secondary N) is 1. The number of methoxy groups -OCH3 is 1. The molecule has 2 nitrogen and oxygen atoms in total. The molecule has 18 heavy (non-hydrogen) atoms. The number of fused-ring (bicyclic) bond motifs is 1. The molecular formula is C15H19NOS. The summed E-state index contributed by atoms with van der Waals surface area (Å²) in [5, 5.41) is 4.79. The summed E-state index contributed by atoms with van der Waals surface area (Å²) in [7, 11) is 1.75. The van der Waals surface area contributed by atoms with Crippen LogP contribution in [0.25, 0.3) is 10.1 Å². The van der Waals surface area contributed by atoms with E-state index < -0.39 is 0 Å². The van der Waals surface area contributed by atoms with Gasteiger partial charge in [0.05, 0.1) is 7.11 Å².